The van der Waals surface area contributed by atoms with Crippen LogP contribution in [0.4, 0.5) is 0 Å². The van der Waals surface area contributed by atoms with Gasteiger partial charge < -0.3 is 5.11 Å². The second-order valence-corrected chi connectivity index (χ2v) is 7.32. The van der Waals surface area contributed by atoms with Crippen molar-refractivity contribution in [3.8, 4) is 0 Å². The molecule has 0 heterocycles. The number of hydrogen-bond donors (Lipinski definition) is 1. The molecule has 0 radical (unpaired) electrons. The van der Waals surface area contributed by atoms with Crippen molar-refractivity contribution in [2.45, 2.75) is 70.3 Å². The minimum Gasteiger partial charge on any atom is -0.393 e. The number of aliphatic hydroxyl groups excluding tert-OH is 1. The molecular weight excluding hydrogens is 256 g/mol. The zero-order valence-corrected chi connectivity index (χ0v) is 13.2. The Morgan fingerprint density at radius 3 is 2.52 bits per heavy atom. The molecule has 4 unspecified atom stereocenters. The molecule has 0 amide bonds. The second-order valence-electron chi connectivity index (χ2n) is 7.32. The molecule has 3 rings (SSSR count). The van der Waals surface area contributed by atoms with Crippen molar-refractivity contribution in [2.75, 3.05) is 0 Å². The van der Waals surface area contributed by atoms with Crippen molar-refractivity contribution in [2.24, 2.45) is 17.8 Å². The lowest BCUT2D eigenvalue weighted by atomic mass is 9.66. The maximum Gasteiger partial charge on any atom is 0.0568 e. The Hall–Kier alpha value is -0.820. The van der Waals surface area contributed by atoms with Crippen molar-refractivity contribution < 1.29 is 5.11 Å². The fourth-order valence-corrected chi connectivity index (χ4v) is 4.65. The zero-order valence-electron chi connectivity index (χ0n) is 13.2. The summed E-state index contributed by atoms with van der Waals surface area (Å²) in [6.07, 6.45) is 12.9. The molecule has 21 heavy (non-hydrogen) atoms. The van der Waals surface area contributed by atoms with E-state index in [1.165, 1.54) is 50.5 Å². The Labute approximate surface area is 129 Å². The van der Waals surface area contributed by atoms with Crippen molar-refractivity contribution in [1.29, 1.82) is 0 Å². The molecule has 0 saturated heterocycles. The lowest BCUT2D eigenvalue weighted by molar-refractivity contribution is 0.0302. The highest BCUT2D eigenvalue weighted by atomic mass is 16.3. The van der Waals surface area contributed by atoms with E-state index in [0.29, 0.717) is 5.92 Å². The molecule has 2 saturated carbocycles. The predicted molar refractivity (Wildman–Crippen MR) is 88.2 cm³/mol. The average Bonchev–Trinajstić information content (AvgIpc) is 2.55. The van der Waals surface area contributed by atoms with E-state index in [-0.39, 0.29) is 6.10 Å². The first-order chi connectivity index (χ1) is 10.3. The standard InChI is InChI=1S/C20H30O/c21-20(12-6-9-16-7-2-1-3-8-16)19-14-13-17-10-4-5-11-18(17)15-19/h1-3,7-8,17-21H,4-6,9-15H2. The van der Waals surface area contributed by atoms with Gasteiger partial charge in [-0.1, -0.05) is 56.0 Å². The van der Waals surface area contributed by atoms with Crippen LogP contribution in [0.25, 0.3) is 0 Å². The van der Waals surface area contributed by atoms with Crippen molar-refractivity contribution in [3.05, 3.63) is 35.9 Å². The summed E-state index contributed by atoms with van der Waals surface area (Å²) in [5, 5.41) is 10.5. The maximum absolute atomic E-state index is 10.5. The Kier molecular flexibility index (Phi) is 5.35. The molecule has 1 nitrogen and oxygen atoms in total. The molecule has 1 aromatic carbocycles. The summed E-state index contributed by atoms with van der Waals surface area (Å²) >= 11 is 0. The lowest BCUT2D eigenvalue weighted by Gasteiger charge is -2.40. The summed E-state index contributed by atoms with van der Waals surface area (Å²) in [5.41, 5.74) is 1.40. The quantitative estimate of drug-likeness (QED) is 0.809. The monoisotopic (exact) mass is 286 g/mol. The maximum atomic E-state index is 10.5. The minimum absolute atomic E-state index is 0.0587. The van der Waals surface area contributed by atoms with Gasteiger partial charge in [-0.3, -0.25) is 0 Å². The molecule has 1 N–H and O–H groups in total. The molecule has 2 aliphatic rings. The van der Waals surface area contributed by atoms with E-state index in [1.54, 1.807) is 0 Å². The van der Waals surface area contributed by atoms with Crippen LogP contribution in [0.2, 0.25) is 0 Å². The van der Waals surface area contributed by atoms with Crippen LogP contribution in [0.5, 0.6) is 0 Å². The van der Waals surface area contributed by atoms with Gasteiger partial charge in [-0.25, -0.2) is 0 Å². The topological polar surface area (TPSA) is 20.2 Å². The molecular formula is C20H30O. The van der Waals surface area contributed by atoms with Gasteiger partial charge in [0, 0.05) is 0 Å². The summed E-state index contributed by atoms with van der Waals surface area (Å²) < 4.78 is 0. The third-order valence-electron chi connectivity index (χ3n) is 5.93. The Balaban J connectivity index is 1.42. The summed E-state index contributed by atoms with van der Waals surface area (Å²) in [6.45, 7) is 0. The summed E-state index contributed by atoms with van der Waals surface area (Å²) in [6, 6.07) is 10.7. The number of benzene rings is 1. The van der Waals surface area contributed by atoms with Crippen LogP contribution in [-0.2, 0) is 6.42 Å². The number of fused-ring (bicyclic) bond motifs is 1. The van der Waals surface area contributed by atoms with E-state index < -0.39 is 0 Å². The number of hydrogen-bond acceptors (Lipinski definition) is 1. The van der Waals surface area contributed by atoms with Gasteiger partial charge >= 0.3 is 0 Å². The van der Waals surface area contributed by atoms with Gasteiger partial charge in [-0.2, -0.15) is 0 Å². The fraction of sp³-hybridized carbons (Fsp3) is 0.700. The van der Waals surface area contributed by atoms with Gasteiger partial charge in [0.2, 0.25) is 0 Å². The molecule has 1 heteroatoms. The van der Waals surface area contributed by atoms with Gasteiger partial charge in [0.15, 0.2) is 0 Å². The molecule has 0 aliphatic heterocycles. The molecule has 1 aromatic rings. The largest absolute Gasteiger partial charge is 0.393 e. The van der Waals surface area contributed by atoms with Crippen LogP contribution in [0.15, 0.2) is 30.3 Å². The van der Waals surface area contributed by atoms with Crippen LogP contribution in [0.1, 0.15) is 63.4 Å². The third-order valence-corrected chi connectivity index (χ3v) is 5.93. The van der Waals surface area contributed by atoms with E-state index in [1.807, 2.05) is 0 Å². The lowest BCUT2D eigenvalue weighted by Crippen LogP contribution is -2.33. The van der Waals surface area contributed by atoms with Gasteiger partial charge in [0.1, 0.15) is 0 Å². The van der Waals surface area contributed by atoms with E-state index >= 15 is 0 Å². The highest BCUT2D eigenvalue weighted by Gasteiger charge is 2.34. The SMILES string of the molecule is OC(CCCc1ccccc1)C1CCC2CCCCC2C1. The minimum atomic E-state index is -0.0587. The van der Waals surface area contributed by atoms with Gasteiger partial charge in [0.05, 0.1) is 6.10 Å². The number of aliphatic hydroxyl groups is 1. The van der Waals surface area contributed by atoms with Crippen LogP contribution in [-0.4, -0.2) is 11.2 Å². The normalized spacial score (nSPS) is 30.6. The van der Waals surface area contributed by atoms with Crippen molar-refractivity contribution in [3.63, 3.8) is 0 Å². The number of rotatable bonds is 5. The van der Waals surface area contributed by atoms with E-state index in [2.05, 4.69) is 30.3 Å². The van der Waals surface area contributed by atoms with Gasteiger partial charge in [-0.15, -0.1) is 0 Å². The first kappa shape index (κ1) is 15.1. The van der Waals surface area contributed by atoms with Crippen molar-refractivity contribution in [1.82, 2.24) is 0 Å². The Morgan fingerprint density at radius 1 is 0.952 bits per heavy atom. The molecule has 2 fully saturated rings. The fourth-order valence-electron chi connectivity index (χ4n) is 4.65. The molecule has 0 aromatic heterocycles. The number of aryl methyl sites for hydroxylation is 1. The Bertz CT molecular complexity index is 413. The first-order valence-corrected chi connectivity index (χ1v) is 9.05. The van der Waals surface area contributed by atoms with Crippen LogP contribution in [0, 0.1) is 17.8 Å². The van der Waals surface area contributed by atoms with E-state index in [9.17, 15) is 5.11 Å². The van der Waals surface area contributed by atoms with Crippen LogP contribution >= 0.6 is 0 Å². The average molecular weight is 286 g/mol. The smallest absolute Gasteiger partial charge is 0.0568 e. The van der Waals surface area contributed by atoms with Crippen molar-refractivity contribution >= 4 is 0 Å². The molecule has 116 valence electrons. The molecule has 0 spiro atoms. The van der Waals surface area contributed by atoms with Crippen LogP contribution in [0.3, 0.4) is 0 Å². The third kappa shape index (κ3) is 4.10. The highest BCUT2D eigenvalue weighted by Crippen LogP contribution is 2.44. The molecule has 4 atom stereocenters. The summed E-state index contributed by atoms with van der Waals surface area (Å²) in [7, 11) is 0. The van der Waals surface area contributed by atoms with E-state index in [4.69, 9.17) is 0 Å². The Morgan fingerprint density at radius 2 is 1.71 bits per heavy atom. The summed E-state index contributed by atoms with van der Waals surface area (Å²) in [5.74, 6) is 2.51. The first-order valence-electron chi connectivity index (χ1n) is 9.05. The van der Waals surface area contributed by atoms with Gasteiger partial charge in [0.25, 0.3) is 0 Å². The van der Waals surface area contributed by atoms with Crippen LogP contribution < -0.4 is 0 Å². The van der Waals surface area contributed by atoms with E-state index in [0.717, 1.165) is 31.1 Å². The van der Waals surface area contributed by atoms with Gasteiger partial charge in [-0.05, 0) is 61.8 Å². The molecule has 2 aliphatic carbocycles. The molecule has 0 bridgehead atoms. The zero-order chi connectivity index (χ0) is 14.5. The predicted octanol–water partition coefficient (Wildman–Crippen LogP) is 4.98. The summed E-state index contributed by atoms with van der Waals surface area (Å²) in [4.78, 5) is 0. The highest BCUT2D eigenvalue weighted by molar-refractivity contribution is 5.14. The second kappa shape index (κ2) is 7.45.